The highest BCUT2D eigenvalue weighted by Gasteiger charge is 2.14. The van der Waals surface area contributed by atoms with Crippen molar-refractivity contribution in [2.75, 3.05) is 50.5 Å². The molecule has 1 saturated heterocycles. The highest BCUT2D eigenvalue weighted by Crippen LogP contribution is 2.27. The Morgan fingerprint density at radius 1 is 1.00 bits per heavy atom. The van der Waals surface area contributed by atoms with Gasteiger partial charge in [0.1, 0.15) is 11.6 Å². The molecule has 176 valence electrons. The molecule has 7 heteroatoms. The number of aryl methyl sites for hydroxylation is 2. The van der Waals surface area contributed by atoms with Crippen LogP contribution in [-0.2, 0) is 7.05 Å². The lowest BCUT2D eigenvalue weighted by molar-refractivity contribution is 0.312. The first-order valence-electron chi connectivity index (χ1n) is 11.6. The summed E-state index contributed by atoms with van der Waals surface area (Å²) in [5, 5.41) is 9.69. The number of benzene rings is 1. The summed E-state index contributed by atoms with van der Waals surface area (Å²) in [5.41, 5.74) is 4.48. The van der Waals surface area contributed by atoms with Gasteiger partial charge in [0.05, 0.1) is 6.20 Å². The molecule has 7 nitrogen and oxygen atoms in total. The van der Waals surface area contributed by atoms with Crippen molar-refractivity contribution < 1.29 is 0 Å². The van der Waals surface area contributed by atoms with E-state index in [0.29, 0.717) is 0 Å². The fraction of sp³-hybridized carbons (Fsp3) is 0.296. The number of nitrogens with one attached hydrogen (secondary N) is 1. The minimum Gasteiger partial charge on any atom is -0.373 e. The van der Waals surface area contributed by atoms with E-state index < -0.39 is 0 Å². The summed E-state index contributed by atoms with van der Waals surface area (Å²) in [7, 11) is 5.97. The third kappa shape index (κ3) is 5.43. The van der Waals surface area contributed by atoms with Crippen LogP contribution in [0.15, 0.2) is 61.6 Å². The Bertz CT molecular complexity index is 1270. The number of piperazine rings is 1. The molecule has 1 N–H and O–H groups in total. The van der Waals surface area contributed by atoms with Crippen molar-refractivity contribution in [3.8, 4) is 11.1 Å². The van der Waals surface area contributed by atoms with Crippen LogP contribution in [0, 0.1) is 6.92 Å². The molecular weight excluding hydrogens is 422 g/mol. The Kier molecular flexibility index (Phi) is 7.23. The van der Waals surface area contributed by atoms with Crippen LogP contribution in [0.2, 0.25) is 0 Å². The number of rotatable bonds is 4. The molecule has 1 aliphatic heterocycles. The fourth-order valence-electron chi connectivity index (χ4n) is 4.08. The lowest BCUT2D eigenvalue weighted by atomic mass is 10.0. The quantitative estimate of drug-likeness (QED) is 0.490. The van der Waals surface area contributed by atoms with E-state index in [9.17, 15) is 0 Å². The van der Waals surface area contributed by atoms with E-state index in [0.717, 1.165) is 54.6 Å². The lowest BCUT2D eigenvalue weighted by Gasteiger charge is -2.33. The number of nitrogens with zero attached hydrogens (tertiary/aromatic N) is 6. The lowest BCUT2D eigenvalue weighted by Crippen LogP contribution is -2.44. The van der Waals surface area contributed by atoms with Crippen LogP contribution in [-0.4, -0.2) is 64.9 Å². The van der Waals surface area contributed by atoms with E-state index in [1.807, 2.05) is 56.4 Å². The second kappa shape index (κ2) is 10.5. The largest absolute Gasteiger partial charge is 0.373 e. The van der Waals surface area contributed by atoms with Crippen molar-refractivity contribution in [1.82, 2.24) is 24.6 Å². The third-order valence-electron chi connectivity index (χ3n) is 6.15. The predicted molar refractivity (Wildman–Crippen MR) is 142 cm³/mol. The van der Waals surface area contributed by atoms with Crippen molar-refractivity contribution >= 4 is 28.5 Å². The SMILES string of the molecule is C=Cc1ccnc(N2CCN(C)CC2)c1.CNc1cc2cc(-c3cnn(C)c3)ccc2c(C)n1. The van der Waals surface area contributed by atoms with Crippen LogP contribution < -0.4 is 10.2 Å². The molecule has 0 unspecified atom stereocenters. The second-order valence-electron chi connectivity index (χ2n) is 8.62. The molecule has 0 bridgehead atoms. The van der Waals surface area contributed by atoms with E-state index >= 15 is 0 Å². The molecule has 1 aromatic carbocycles. The average molecular weight is 456 g/mol. The van der Waals surface area contributed by atoms with Crippen molar-refractivity contribution in [3.63, 3.8) is 0 Å². The Balaban J connectivity index is 0.000000166. The van der Waals surface area contributed by atoms with Gasteiger partial charge in [0.25, 0.3) is 0 Å². The zero-order valence-corrected chi connectivity index (χ0v) is 20.5. The van der Waals surface area contributed by atoms with Crippen molar-refractivity contribution in [1.29, 1.82) is 0 Å². The van der Waals surface area contributed by atoms with E-state index in [2.05, 4.69) is 74.1 Å². The maximum Gasteiger partial charge on any atom is 0.129 e. The zero-order valence-electron chi connectivity index (χ0n) is 20.5. The molecule has 4 heterocycles. The molecule has 1 aliphatic rings. The van der Waals surface area contributed by atoms with E-state index in [-0.39, 0.29) is 0 Å². The van der Waals surface area contributed by atoms with E-state index in [1.165, 1.54) is 16.3 Å². The molecule has 0 radical (unpaired) electrons. The minimum atomic E-state index is 0.897. The zero-order chi connectivity index (χ0) is 24.1. The normalized spacial score (nSPS) is 13.9. The standard InChI is InChI=1S/C15H16N4.C12H17N3/c1-10-14-5-4-11(13-8-17-19(3)9-13)6-12(14)7-15(16-2)18-10;1-3-11-4-5-13-12(10-11)15-8-6-14(2)7-9-15/h4-9H,1-3H3,(H,16,18);3-5,10H,1,6-9H2,2H3. The van der Waals surface area contributed by atoms with E-state index in [4.69, 9.17) is 0 Å². The number of hydrogen-bond donors (Lipinski definition) is 1. The third-order valence-corrected chi connectivity index (χ3v) is 6.15. The van der Waals surface area contributed by atoms with Gasteiger partial charge in [0, 0.05) is 69.3 Å². The maximum absolute atomic E-state index is 4.50. The van der Waals surface area contributed by atoms with Gasteiger partial charge in [0.2, 0.25) is 0 Å². The Morgan fingerprint density at radius 3 is 2.47 bits per heavy atom. The number of likely N-dealkylation sites (N-methyl/N-ethyl adjacent to an activating group) is 1. The summed E-state index contributed by atoms with van der Waals surface area (Å²) in [6.45, 7) is 10.2. The van der Waals surface area contributed by atoms with Gasteiger partial charge in [-0.3, -0.25) is 4.68 Å². The molecule has 0 spiro atoms. The molecule has 4 aromatic rings. The number of fused-ring (bicyclic) bond motifs is 1. The monoisotopic (exact) mass is 455 g/mol. The summed E-state index contributed by atoms with van der Waals surface area (Å²) in [4.78, 5) is 13.6. The number of anilines is 2. The Morgan fingerprint density at radius 2 is 1.79 bits per heavy atom. The average Bonchev–Trinajstić information content (AvgIpc) is 3.30. The van der Waals surface area contributed by atoms with Crippen LogP contribution >= 0.6 is 0 Å². The van der Waals surface area contributed by atoms with Gasteiger partial charge in [-0.25, -0.2) is 9.97 Å². The van der Waals surface area contributed by atoms with Gasteiger partial charge < -0.3 is 15.1 Å². The first-order valence-corrected chi connectivity index (χ1v) is 11.6. The summed E-state index contributed by atoms with van der Waals surface area (Å²) in [6.07, 6.45) is 7.62. The van der Waals surface area contributed by atoms with Crippen LogP contribution in [0.25, 0.3) is 28.0 Å². The van der Waals surface area contributed by atoms with Crippen LogP contribution in [0.3, 0.4) is 0 Å². The maximum atomic E-state index is 4.50. The number of aromatic nitrogens is 4. The van der Waals surface area contributed by atoms with Gasteiger partial charge in [-0.15, -0.1) is 0 Å². The summed E-state index contributed by atoms with van der Waals surface area (Å²) in [5.74, 6) is 1.97. The molecule has 5 rings (SSSR count). The molecular formula is C27H33N7. The summed E-state index contributed by atoms with van der Waals surface area (Å²) >= 11 is 0. The summed E-state index contributed by atoms with van der Waals surface area (Å²) in [6, 6.07) is 12.6. The van der Waals surface area contributed by atoms with Crippen molar-refractivity contribution in [2.45, 2.75) is 6.92 Å². The van der Waals surface area contributed by atoms with Gasteiger partial charge in [-0.05, 0) is 54.8 Å². The van der Waals surface area contributed by atoms with Crippen molar-refractivity contribution in [2.24, 2.45) is 7.05 Å². The molecule has 0 atom stereocenters. The number of pyridine rings is 2. The Labute approximate surface area is 201 Å². The van der Waals surface area contributed by atoms with Gasteiger partial charge in [-0.1, -0.05) is 24.8 Å². The molecule has 0 amide bonds. The highest BCUT2D eigenvalue weighted by atomic mass is 15.3. The molecule has 1 fully saturated rings. The fourth-order valence-corrected chi connectivity index (χ4v) is 4.08. The molecule has 3 aromatic heterocycles. The molecule has 34 heavy (non-hydrogen) atoms. The predicted octanol–water partition coefficient (Wildman–Crippen LogP) is 4.46. The van der Waals surface area contributed by atoms with Gasteiger partial charge >= 0.3 is 0 Å². The van der Waals surface area contributed by atoms with Crippen molar-refractivity contribution in [3.05, 3.63) is 72.8 Å². The number of hydrogen-bond acceptors (Lipinski definition) is 6. The minimum absolute atomic E-state index is 0.897. The smallest absolute Gasteiger partial charge is 0.129 e. The van der Waals surface area contributed by atoms with Crippen LogP contribution in [0.1, 0.15) is 11.3 Å². The highest BCUT2D eigenvalue weighted by molar-refractivity contribution is 5.90. The molecule has 0 aliphatic carbocycles. The first kappa shape index (κ1) is 23.4. The van der Waals surface area contributed by atoms with E-state index in [1.54, 1.807) is 0 Å². The molecule has 0 saturated carbocycles. The Hall–Kier alpha value is -3.71. The van der Waals surface area contributed by atoms with Crippen LogP contribution in [0.4, 0.5) is 11.6 Å². The van der Waals surface area contributed by atoms with Gasteiger partial charge in [0.15, 0.2) is 0 Å². The van der Waals surface area contributed by atoms with Gasteiger partial charge in [-0.2, -0.15) is 5.10 Å². The first-order chi connectivity index (χ1) is 16.5. The second-order valence-corrected chi connectivity index (χ2v) is 8.62. The summed E-state index contributed by atoms with van der Waals surface area (Å²) < 4.78 is 1.82. The van der Waals surface area contributed by atoms with Crippen LogP contribution in [0.5, 0.6) is 0 Å². The topological polar surface area (TPSA) is 62.1 Å².